The van der Waals surface area contributed by atoms with Crippen LogP contribution in [-0.2, 0) is 13.0 Å². The summed E-state index contributed by atoms with van der Waals surface area (Å²) in [4.78, 5) is 12.3. The minimum atomic E-state index is 0.534. The summed E-state index contributed by atoms with van der Waals surface area (Å²) in [5, 5.41) is 0. The molecule has 90 valence electrons. The fourth-order valence-corrected chi connectivity index (χ4v) is 2.03. The van der Waals surface area contributed by atoms with Crippen molar-refractivity contribution in [2.24, 2.45) is 0 Å². The molecule has 3 aromatic heterocycles. The molecule has 0 saturated carbocycles. The molecule has 3 aromatic rings. The number of nitrogens with two attached hydrogens (primary N) is 1. The highest BCUT2D eigenvalue weighted by molar-refractivity contribution is 5.76. The molecule has 5 heteroatoms. The van der Waals surface area contributed by atoms with E-state index in [9.17, 15) is 0 Å². The first-order valence-corrected chi connectivity index (χ1v) is 5.79. The zero-order valence-corrected chi connectivity index (χ0v) is 9.82. The zero-order chi connectivity index (χ0) is 12.4. The van der Waals surface area contributed by atoms with E-state index in [0.717, 1.165) is 24.0 Å². The summed E-state index contributed by atoms with van der Waals surface area (Å²) < 4.78 is 2.01. The molecule has 0 bridgehead atoms. The lowest BCUT2D eigenvalue weighted by atomic mass is 10.2. The third-order valence-corrected chi connectivity index (χ3v) is 2.95. The predicted molar refractivity (Wildman–Crippen MR) is 69.9 cm³/mol. The number of rotatable bonds is 3. The molecule has 0 aliphatic heterocycles. The van der Waals surface area contributed by atoms with Gasteiger partial charge in [-0.2, -0.15) is 0 Å². The molecule has 0 spiro atoms. The normalized spacial score (nSPS) is 10.9. The van der Waals surface area contributed by atoms with Crippen molar-refractivity contribution < 1.29 is 0 Å². The Kier molecular flexibility index (Phi) is 2.64. The van der Waals surface area contributed by atoms with Crippen LogP contribution < -0.4 is 5.73 Å². The van der Waals surface area contributed by atoms with Gasteiger partial charge in [0.05, 0.1) is 11.7 Å². The van der Waals surface area contributed by atoms with Crippen LogP contribution in [0.1, 0.15) is 5.56 Å². The Bertz CT molecular complexity index is 659. The zero-order valence-electron chi connectivity index (χ0n) is 9.82. The van der Waals surface area contributed by atoms with E-state index in [1.165, 1.54) is 5.56 Å². The van der Waals surface area contributed by atoms with Crippen LogP contribution in [0.4, 0.5) is 5.95 Å². The number of hydrogen-bond acceptors (Lipinski definition) is 4. The molecular formula is C13H13N5. The SMILES string of the molecule is Nc1nc2cnccc2n1CCc1ccncc1. The first-order valence-electron chi connectivity index (χ1n) is 5.79. The largest absolute Gasteiger partial charge is 0.369 e. The highest BCUT2D eigenvalue weighted by Gasteiger charge is 2.07. The van der Waals surface area contributed by atoms with E-state index >= 15 is 0 Å². The smallest absolute Gasteiger partial charge is 0.201 e. The summed E-state index contributed by atoms with van der Waals surface area (Å²) in [7, 11) is 0. The van der Waals surface area contributed by atoms with Gasteiger partial charge in [-0.1, -0.05) is 0 Å². The molecule has 0 aromatic carbocycles. The van der Waals surface area contributed by atoms with Gasteiger partial charge < -0.3 is 10.3 Å². The number of anilines is 1. The second-order valence-electron chi connectivity index (χ2n) is 4.09. The number of aromatic nitrogens is 4. The molecule has 0 atom stereocenters. The number of nitrogen functional groups attached to an aromatic ring is 1. The maximum absolute atomic E-state index is 5.93. The summed E-state index contributed by atoms with van der Waals surface area (Å²) in [5.74, 6) is 0.534. The van der Waals surface area contributed by atoms with E-state index in [4.69, 9.17) is 5.73 Å². The number of aryl methyl sites for hydroxylation is 2. The average molecular weight is 239 g/mol. The van der Waals surface area contributed by atoms with Crippen LogP contribution in [-0.4, -0.2) is 19.5 Å². The van der Waals surface area contributed by atoms with Gasteiger partial charge in [0.25, 0.3) is 0 Å². The Labute approximate surface area is 104 Å². The fraction of sp³-hybridized carbons (Fsp3) is 0.154. The third-order valence-electron chi connectivity index (χ3n) is 2.95. The number of nitrogens with zero attached hydrogens (tertiary/aromatic N) is 4. The molecule has 0 saturated heterocycles. The average Bonchev–Trinajstić information content (AvgIpc) is 2.73. The molecule has 0 amide bonds. The van der Waals surface area contributed by atoms with Crippen molar-refractivity contribution in [2.75, 3.05) is 5.73 Å². The Morgan fingerprint density at radius 2 is 1.83 bits per heavy atom. The van der Waals surface area contributed by atoms with Crippen LogP contribution in [0.3, 0.4) is 0 Å². The second kappa shape index (κ2) is 4.44. The molecule has 2 N–H and O–H groups in total. The van der Waals surface area contributed by atoms with Crippen molar-refractivity contribution in [1.29, 1.82) is 0 Å². The van der Waals surface area contributed by atoms with E-state index in [1.54, 1.807) is 24.8 Å². The lowest BCUT2D eigenvalue weighted by molar-refractivity contribution is 0.725. The topological polar surface area (TPSA) is 69.6 Å². The van der Waals surface area contributed by atoms with Crippen LogP contribution in [0.5, 0.6) is 0 Å². The van der Waals surface area contributed by atoms with Crippen molar-refractivity contribution >= 4 is 17.0 Å². The second-order valence-corrected chi connectivity index (χ2v) is 4.09. The molecule has 5 nitrogen and oxygen atoms in total. The van der Waals surface area contributed by atoms with Gasteiger partial charge in [0, 0.05) is 25.1 Å². The van der Waals surface area contributed by atoms with Crippen LogP contribution in [0, 0.1) is 0 Å². The van der Waals surface area contributed by atoms with Gasteiger partial charge in [0.1, 0.15) is 5.52 Å². The van der Waals surface area contributed by atoms with Crippen molar-refractivity contribution in [3.05, 3.63) is 48.5 Å². The first kappa shape index (κ1) is 10.7. The number of hydrogen-bond donors (Lipinski definition) is 1. The van der Waals surface area contributed by atoms with Crippen molar-refractivity contribution in [3.8, 4) is 0 Å². The molecule has 0 unspecified atom stereocenters. The minimum absolute atomic E-state index is 0.534. The quantitative estimate of drug-likeness (QED) is 0.754. The van der Waals surface area contributed by atoms with Gasteiger partial charge in [-0.3, -0.25) is 9.97 Å². The van der Waals surface area contributed by atoms with Crippen molar-refractivity contribution in [1.82, 2.24) is 19.5 Å². The number of pyridine rings is 2. The van der Waals surface area contributed by atoms with Gasteiger partial charge in [-0.25, -0.2) is 4.98 Å². The minimum Gasteiger partial charge on any atom is -0.369 e. The molecule has 0 fully saturated rings. The van der Waals surface area contributed by atoms with E-state index in [-0.39, 0.29) is 0 Å². The molecule has 18 heavy (non-hydrogen) atoms. The van der Waals surface area contributed by atoms with Gasteiger partial charge in [-0.15, -0.1) is 0 Å². The van der Waals surface area contributed by atoms with Crippen LogP contribution in [0.25, 0.3) is 11.0 Å². The summed E-state index contributed by atoms with van der Waals surface area (Å²) in [6, 6.07) is 5.96. The maximum Gasteiger partial charge on any atom is 0.201 e. The van der Waals surface area contributed by atoms with Gasteiger partial charge in [-0.05, 0) is 30.2 Å². The van der Waals surface area contributed by atoms with E-state index in [0.29, 0.717) is 5.95 Å². The molecule has 0 radical (unpaired) electrons. The molecule has 0 aliphatic rings. The Morgan fingerprint density at radius 1 is 1.06 bits per heavy atom. The maximum atomic E-state index is 5.93. The van der Waals surface area contributed by atoms with Gasteiger partial charge >= 0.3 is 0 Å². The lowest BCUT2D eigenvalue weighted by Crippen LogP contribution is -2.05. The predicted octanol–water partition coefficient (Wildman–Crippen LogP) is 1.65. The highest BCUT2D eigenvalue weighted by Crippen LogP contribution is 2.16. The Balaban J connectivity index is 1.89. The molecule has 0 aliphatic carbocycles. The summed E-state index contributed by atoms with van der Waals surface area (Å²) in [6.07, 6.45) is 7.99. The van der Waals surface area contributed by atoms with Gasteiger partial charge in [0.15, 0.2) is 0 Å². The lowest BCUT2D eigenvalue weighted by Gasteiger charge is -2.06. The monoisotopic (exact) mass is 239 g/mol. The molecule has 3 heterocycles. The van der Waals surface area contributed by atoms with E-state index < -0.39 is 0 Å². The Hall–Kier alpha value is -2.43. The van der Waals surface area contributed by atoms with Crippen LogP contribution in [0.15, 0.2) is 43.0 Å². The number of fused-ring (bicyclic) bond motifs is 1. The first-order chi connectivity index (χ1) is 8.84. The number of imidazole rings is 1. The fourth-order valence-electron chi connectivity index (χ4n) is 2.03. The summed E-state index contributed by atoms with van der Waals surface area (Å²) in [5.41, 5.74) is 9.03. The highest BCUT2D eigenvalue weighted by atomic mass is 15.2. The third kappa shape index (κ3) is 1.90. The molecular weight excluding hydrogens is 226 g/mol. The summed E-state index contributed by atoms with van der Waals surface area (Å²) in [6.45, 7) is 0.802. The van der Waals surface area contributed by atoms with Crippen LogP contribution >= 0.6 is 0 Å². The molecule has 3 rings (SSSR count). The Morgan fingerprint density at radius 3 is 2.67 bits per heavy atom. The van der Waals surface area contributed by atoms with Crippen molar-refractivity contribution in [2.45, 2.75) is 13.0 Å². The van der Waals surface area contributed by atoms with Crippen LogP contribution in [0.2, 0.25) is 0 Å². The van der Waals surface area contributed by atoms with Crippen molar-refractivity contribution in [3.63, 3.8) is 0 Å². The van der Waals surface area contributed by atoms with E-state index in [1.807, 2.05) is 22.8 Å². The van der Waals surface area contributed by atoms with E-state index in [2.05, 4.69) is 15.0 Å². The summed E-state index contributed by atoms with van der Waals surface area (Å²) >= 11 is 0. The standard InChI is InChI=1S/C13H13N5/c14-13-17-11-9-16-7-3-12(11)18(13)8-4-10-1-5-15-6-2-10/h1-3,5-7,9H,4,8H2,(H2,14,17). The van der Waals surface area contributed by atoms with Gasteiger partial charge in [0.2, 0.25) is 5.95 Å².